The van der Waals surface area contributed by atoms with Crippen molar-refractivity contribution < 1.29 is 33.8 Å². The molecule has 4 atom stereocenters. The number of nitrogens with one attached hydrogen (secondary N) is 2. The van der Waals surface area contributed by atoms with Crippen LogP contribution < -0.4 is 10.6 Å². The Morgan fingerprint density at radius 2 is 1.59 bits per heavy atom. The van der Waals surface area contributed by atoms with Crippen LogP contribution >= 0.6 is 0 Å². The van der Waals surface area contributed by atoms with Gasteiger partial charge in [0.1, 0.15) is 19.3 Å². The second kappa shape index (κ2) is 15.9. The van der Waals surface area contributed by atoms with Gasteiger partial charge in [-0.2, -0.15) is 0 Å². The van der Waals surface area contributed by atoms with Crippen molar-refractivity contribution in [3.8, 4) is 0 Å². The number of hydrogen-bond donors (Lipinski definition) is 3. The van der Waals surface area contributed by atoms with E-state index >= 15 is 0 Å². The van der Waals surface area contributed by atoms with Gasteiger partial charge in [-0.25, -0.2) is 9.59 Å². The van der Waals surface area contributed by atoms with E-state index in [4.69, 9.17) is 9.47 Å². The van der Waals surface area contributed by atoms with Crippen molar-refractivity contribution in [3.63, 3.8) is 0 Å². The number of hydrogen-bond acceptors (Lipinski definition) is 7. The van der Waals surface area contributed by atoms with Crippen molar-refractivity contribution in [2.45, 2.75) is 57.0 Å². The second-order valence-electron chi connectivity index (χ2n) is 11.5. The summed E-state index contributed by atoms with van der Waals surface area (Å²) in [5.41, 5.74) is 3.65. The summed E-state index contributed by atoms with van der Waals surface area (Å²) in [6.45, 7) is 0.0503. The molecule has 0 radical (unpaired) electrons. The van der Waals surface area contributed by atoms with E-state index in [1.54, 1.807) is 17.1 Å². The Labute approximate surface area is 268 Å². The van der Waals surface area contributed by atoms with Gasteiger partial charge in [-0.05, 0) is 41.5 Å². The number of fused-ring (bicyclic) bond motifs is 1. The molecule has 3 amide bonds. The Balaban J connectivity index is 1.31. The van der Waals surface area contributed by atoms with Gasteiger partial charge in [0.25, 0.3) is 0 Å². The molecular weight excluding hydrogens is 586 g/mol. The molecule has 10 heteroatoms. The van der Waals surface area contributed by atoms with Crippen molar-refractivity contribution in [1.29, 1.82) is 0 Å². The first-order valence-electron chi connectivity index (χ1n) is 15.5. The lowest BCUT2D eigenvalue weighted by molar-refractivity contribution is -0.147. The highest BCUT2D eigenvalue weighted by Gasteiger charge is 2.33. The van der Waals surface area contributed by atoms with Crippen LogP contribution in [0.1, 0.15) is 47.6 Å². The van der Waals surface area contributed by atoms with Gasteiger partial charge in [-0.3, -0.25) is 9.59 Å². The summed E-state index contributed by atoms with van der Waals surface area (Å²) in [4.78, 5) is 54.7. The summed E-state index contributed by atoms with van der Waals surface area (Å²) in [5.74, 6) is -1.95. The fourth-order valence-corrected chi connectivity index (χ4v) is 5.73. The van der Waals surface area contributed by atoms with Gasteiger partial charge in [-0.1, -0.05) is 97.1 Å². The molecular formula is C36H39N3O7. The molecule has 4 unspecified atom stereocenters. The molecule has 240 valence electrons. The van der Waals surface area contributed by atoms with Gasteiger partial charge in [-0.15, -0.1) is 0 Å². The number of amides is 3. The fourth-order valence-electron chi connectivity index (χ4n) is 5.73. The van der Waals surface area contributed by atoms with Crippen LogP contribution in [0.5, 0.6) is 0 Å². The molecule has 0 saturated carbocycles. The number of nitrogens with zero attached hydrogens (tertiary/aromatic N) is 1. The molecule has 5 rings (SSSR count). The third kappa shape index (κ3) is 8.60. The number of cyclic esters (lactones) is 1. The fraction of sp³-hybridized carbons (Fsp3) is 0.333. The number of allylic oxidation sites excluding steroid dienone is 1. The maximum absolute atomic E-state index is 13.7. The van der Waals surface area contributed by atoms with Crippen LogP contribution in [0.15, 0.2) is 97.1 Å². The van der Waals surface area contributed by atoms with E-state index in [1.165, 1.54) is 0 Å². The van der Waals surface area contributed by atoms with Crippen molar-refractivity contribution in [1.82, 2.24) is 15.5 Å². The van der Waals surface area contributed by atoms with Gasteiger partial charge in [0, 0.05) is 13.0 Å². The van der Waals surface area contributed by atoms with Crippen LogP contribution in [0.4, 0.5) is 4.79 Å². The minimum atomic E-state index is -1.02. The summed E-state index contributed by atoms with van der Waals surface area (Å²) >= 11 is 0. The molecule has 46 heavy (non-hydrogen) atoms. The minimum Gasteiger partial charge on any atom is -0.462 e. The molecule has 2 aliphatic rings. The molecule has 0 aromatic heterocycles. The van der Waals surface area contributed by atoms with Gasteiger partial charge in [0.2, 0.25) is 11.8 Å². The van der Waals surface area contributed by atoms with Crippen molar-refractivity contribution >= 4 is 23.9 Å². The second-order valence-corrected chi connectivity index (χ2v) is 11.5. The zero-order valence-electron chi connectivity index (χ0n) is 25.5. The predicted molar refractivity (Wildman–Crippen MR) is 170 cm³/mol. The van der Waals surface area contributed by atoms with E-state index in [9.17, 15) is 24.3 Å². The highest BCUT2D eigenvalue weighted by Crippen LogP contribution is 2.26. The molecule has 3 aromatic rings. The monoisotopic (exact) mass is 625 g/mol. The van der Waals surface area contributed by atoms with Crippen LogP contribution in [0.3, 0.4) is 0 Å². The largest absolute Gasteiger partial charge is 0.462 e. The Morgan fingerprint density at radius 3 is 2.33 bits per heavy atom. The molecule has 2 heterocycles. The first-order valence-corrected chi connectivity index (χ1v) is 15.5. The number of ether oxygens (including phenoxy) is 2. The SMILES string of the molecule is O=C(NC1CC=CCC(CC(=O)N2Cc3ccccc3CC2CO)C(=O)NC(c2ccccc2)COC1=O)OCc1ccccc1. The zero-order chi connectivity index (χ0) is 32.3. The normalized spacial score (nSPS) is 21.9. The van der Waals surface area contributed by atoms with E-state index in [1.807, 2.05) is 84.9 Å². The number of esters is 1. The molecule has 0 aliphatic carbocycles. The Kier molecular flexibility index (Phi) is 11.2. The molecule has 3 N–H and O–H groups in total. The molecule has 3 aromatic carbocycles. The molecule has 0 bridgehead atoms. The summed E-state index contributed by atoms with van der Waals surface area (Å²) in [7, 11) is 0. The van der Waals surface area contributed by atoms with Crippen molar-refractivity contribution in [2.24, 2.45) is 5.92 Å². The molecule has 0 saturated heterocycles. The summed E-state index contributed by atoms with van der Waals surface area (Å²) < 4.78 is 10.9. The third-order valence-electron chi connectivity index (χ3n) is 8.34. The lowest BCUT2D eigenvalue weighted by Gasteiger charge is -2.36. The van der Waals surface area contributed by atoms with E-state index in [0.717, 1.165) is 22.3 Å². The number of benzene rings is 3. The number of carbonyl (C=O) groups is 4. The predicted octanol–water partition coefficient (Wildman–Crippen LogP) is 3.98. The van der Waals surface area contributed by atoms with Crippen LogP contribution in [-0.2, 0) is 43.4 Å². The topological polar surface area (TPSA) is 134 Å². The third-order valence-corrected chi connectivity index (χ3v) is 8.34. The van der Waals surface area contributed by atoms with Crippen LogP contribution in [-0.4, -0.2) is 59.2 Å². The Hall–Kier alpha value is -4.96. The van der Waals surface area contributed by atoms with E-state index in [0.29, 0.717) is 13.0 Å². The van der Waals surface area contributed by atoms with Crippen molar-refractivity contribution in [2.75, 3.05) is 13.2 Å². The summed E-state index contributed by atoms with van der Waals surface area (Å²) in [5, 5.41) is 15.7. The lowest BCUT2D eigenvalue weighted by atomic mass is 9.92. The van der Waals surface area contributed by atoms with Crippen LogP contribution in [0.2, 0.25) is 0 Å². The lowest BCUT2D eigenvalue weighted by Crippen LogP contribution is -2.48. The first kappa shape index (κ1) is 32.4. The minimum absolute atomic E-state index is 0.0435. The van der Waals surface area contributed by atoms with Gasteiger partial charge in [0.05, 0.1) is 24.6 Å². The number of rotatable bonds is 7. The zero-order valence-corrected chi connectivity index (χ0v) is 25.5. The molecule has 10 nitrogen and oxygen atoms in total. The van der Waals surface area contributed by atoms with Crippen LogP contribution in [0, 0.1) is 5.92 Å². The Morgan fingerprint density at radius 1 is 0.913 bits per heavy atom. The maximum Gasteiger partial charge on any atom is 0.408 e. The molecule has 2 aliphatic heterocycles. The van der Waals surface area contributed by atoms with E-state index in [-0.39, 0.29) is 56.9 Å². The first-order chi connectivity index (χ1) is 22.4. The van der Waals surface area contributed by atoms with Gasteiger partial charge >= 0.3 is 12.1 Å². The van der Waals surface area contributed by atoms with E-state index in [2.05, 4.69) is 10.6 Å². The summed E-state index contributed by atoms with van der Waals surface area (Å²) in [6.07, 6.45) is 3.48. The average molecular weight is 626 g/mol. The maximum atomic E-state index is 13.7. The van der Waals surface area contributed by atoms with Gasteiger partial charge < -0.3 is 30.1 Å². The smallest absolute Gasteiger partial charge is 0.408 e. The van der Waals surface area contributed by atoms with Gasteiger partial charge in [0.15, 0.2) is 0 Å². The van der Waals surface area contributed by atoms with E-state index < -0.39 is 30.1 Å². The number of aliphatic hydroxyl groups is 1. The average Bonchev–Trinajstić information content (AvgIpc) is 3.09. The van der Waals surface area contributed by atoms with Crippen molar-refractivity contribution in [3.05, 3.63) is 119 Å². The standard InChI is InChI=1S/C36H39N3O7/c40-22-30-19-27-15-7-8-17-29(27)21-39(30)33(41)20-28-16-9-10-18-31(38-36(44)46-23-25-11-3-1-4-12-25)35(43)45-24-32(37-34(28)42)26-13-5-2-6-14-26/h1-15,17,28,30-32,40H,16,18-24H2,(H,37,42)(H,38,44). The summed E-state index contributed by atoms with van der Waals surface area (Å²) in [6, 6.07) is 24.1. The number of aliphatic hydroxyl groups excluding tert-OH is 1. The van der Waals surface area contributed by atoms with Crippen LogP contribution in [0.25, 0.3) is 0 Å². The quantitative estimate of drug-likeness (QED) is 0.267. The number of alkyl carbamates (subject to hydrolysis) is 1. The number of carbonyl (C=O) groups excluding carboxylic acids is 4. The molecule has 0 fully saturated rings. The Bertz CT molecular complexity index is 1530. The highest BCUT2D eigenvalue weighted by molar-refractivity contribution is 5.87. The molecule has 0 spiro atoms. The highest BCUT2D eigenvalue weighted by atomic mass is 16.6.